The van der Waals surface area contributed by atoms with Crippen molar-refractivity contribution in [2.45, 2.75) is 26.7 Å². The number of aryl methyl sites for hydroxylation is 2. The Hall–Kier alpha value is -1.48. The molecule has 0 aliphatic carbocycles. The van der Waals surface area contributed by atoms with E-state index in [2.05, 4.69) is 18.9 Å². The van der Waals surface area contributed by atoms with E-state index in [0.29, 0.717) is 11.7 Å². The highest BCUT2D eigenvalue weighted by Crippen LogP contribution is 2.36. The molecule has 2 rings (SSSR count). The van der Waals surface area contributed by atoms with E-state index in [1.165, 1.54) is 0 Å². The monoisotopic (exact) mass is 263 g/mol. The normalized spacial score (nSPS) is 11.2. The second-order valence-electron chi connectivity index (χ2n) is 4.91. The fraction of sp³-hybridized carbons (Fsp3) is 0.357. The minimum Gasteiger partial charge on any atom is -0.384 e. The van der Waals surface area contributed by atoms with E-state index in [4.69, 9.17) is 17.3 Å². The zero-order chi connectivity index (χ0) is 13.4. The molecular weight excluding hydrogens is 246 g/mol. The van der Waals surface area contributed by atoms with Crippen LogP contribution in [0.25, 0.3) is 11.3 Å². The molecule has 0 aliphatic rings. The Kier molecular flexibility index (Phi) is 3.35. The number of aromatic nitrogens is 2. The van der Waals surface area contributed by atoms with Crippen LogP contribution in [-0.4, -0.2) is 9.78 Å². The van der Waals surface area contributed by atoms with E-state index in [9.17, 15) is 0 Å². The SMILES string of the molecule is Cc1ccc(-c2nn(C)c(N)c2C(C)C)c(Cl)c1. The summed E-state index contributed by atoms with van der Waals surface area (Å²) in [5.41, 5.74) is 10.1. The van der Waals surface area contributed by atoms with Gasteiger partial charge < -0.3 is 5.73 Å². The van der Waals surface area contributed by atoms with Crippen molar-refractivity contribution >= 4 is 17.4 Å². The molecule has 0 atom stereocenters. The van der Waals surface area contributed by atoms with E-state index >= 15 is 0 Å². The van der Waals surface area contributed by atoms with Crippen LogP contribution in [0.4, 0.5) is 5.82 Å². The molecule has 96 valence electrons. The first-order chi connectivity index (χ1) is 8.41. The first kappa shape index (κ1) is 13.0. The van der Waals surface area contributed by atoms with Crippen LogP contribution in [0.5, 0.6) is 0 Å². The lowest BCUT2D eigenvalue weighted by Gasteiger charge is -2.09. The molecule has 0 saturated heterocycles. The van der Waals surface area contributed by atoms with Gasteiger partial charge in [0.05, 0.1) is 10.7 Å². The minimum atomic E-state index is 0.311. The van der Waals surface area contributed by atoms with Crippen LogP contribution in [0.1, 0.15) is 30.9 Å². The van der Waals surface area contributed by atoms with E-state index in [1.807, 2.05) is 32.2 Å². The van der Waals surface area contributed by atoms with Crippen molar-refractivity contribution in [2.24, 2.45) is 7.05 Å². The van der Waals surface area contributed by atoms with E-state index in [-0.39, 0.29) is 0 Å². The van der Waals surface area contributed by atoms with Gasteiger partial charge in [0.2, 0.25) is 0 Å². The maximum absolute atomic E-state index is 6.31. The highest BCUT2D eigenvalue weighted by Gasteiger charge is 2.19. The molecule has 2 aromatic rings. The molecule has 0 spiro atoms. The van der Waals surface area contributed by atoms with Gasteiger partial charge in [-0.05, 0) is 24.5 Å². The molecule has 1 heterocycles. The largest absolute Gasteiger partial charge is 0.384 e. The lowest BCUT2D eigenvalue weighted by Crippen LogP contribution is -2.00. The van der Waals surface area contributed by atoms with Crippen molar-refractivity contribution in [2.75, 3.05) is 5.73 Å². The lowest BCUT2D eigenvalue weighted by atomic mass is 9.98. The summed E-state index contributed by atoms with van der Waals surface area (Å²) >= 11 is 6.31. The van der Waals surface area contributed by atoms with Crippen molar-refractivity contribution in [3.05, 3.63) is 34.3 Å². The van der Waals surface area contributed by atoms with Crippen molar-refractivity contribution < 1.29 is 0 Å². The second-order valence-corrected chi connectivity index (χ2v) is 5.32. The van der Waals surface area contributed by atoms with Gasteiger partial charge in [0.25, 0.3) is 0 Å². The first-order valence-electron chi connectivity index (χ1n) is 6.00. The summed E-state index contributed by atoms with van der Waals surface area (Å²) in [5, 5.41) is 5.22. The number of halogens is 1. The fourth-order valence-electron chi connectivity index (χ4n) is 2.13. The van der Waals surface area contributed by atoms with Gasteiger partial charge >= 0.3 is 0 Å². The van der Waals surface area contributed by atoms with Gasteiger partial charge in [-0.2, -0.15) is 5.10 Å². The molecule has 0 aliphatic heterocycles. The zero-order valence-corrected chi connectivity index (χ0v) is 11.9. The molecule has 3 nitrogen and oxygen atoms in total. The molecule has 1 aromatic heterocycles. The van der Waals surface area contributed by atoms with E-state index in [1.54, 1.807) is 4.68 Å². The Labute approximate surface area is 113 Å². The number of nitrogen functional groups attached to an aromatic ring is 1. The van der Waals surface area contributed by atoms with Crippen LogP contribution in [0.15, 0.2) is 18.2 Å². The zero-order valence-electron chi connectivity index (χ0n) is 11.2. The summed E-state index contributed by atoms with van der Waals surface area (Å²) in [6.45, 7) is 6.24. The molecule has 0 fully saturated rings. The van der Waals surface area contributed by atoms with Gasteiger partial charge in [0.1, 0.15) is 5.82 Å². The lowest BCUT2D eigenvalue weighted by molar-refractivity contribution is 0.780. The molecule has 0 amide bonds. The molecule has 1 aromatic carbocycles. The summed E-state index contributed by atoms with van der Waals surface area (Å²) in [4.78, 5) is 0. The number of rotatable bonds is 2. The van der Waals surface area contributed by atoms with Crippen molar-refractivity contribution in [3.8, 4) is 11.3 Å². The van der Waals surface area contributed by atoms with Gasteiger partial charge in [-0.25, -0.2) is 0 Å². The maximum atomic E-state index is 6.31. The van der Waals surface area contributed by atoms with Crippen molar-refractivity contribution in [3.63, 3.8) is 0 Å². The summed E-state index contributed by atoms with van der Waals surface area (Å²) in [5.74, 6) is 1.02. The first-order valence-corrected chi connectivity index (χ1v) is 6.38. The van der Waals surface area contributed by atoms with E-state index in [0.717, 1.165) is 27.4 Å². The van der Waals surface area contributed by atoms with Crippen LogP contribution >= 0.6 is 11.6 Å². The van der Waals surface area contributed by atoms with Crippen LogP contribution in [0, 0.1) is 6.92 Å². The summed E-state index contributed by atoms with van der Waals surface area (Å²) in [6, 6.07) is 5.99. The predicted molar refractivity (Wildman–Crippen MR) is 76.9 cm³/mol. The number of benzene rings is 1. The molecule has 0 unspecified atom stereocenters. The number of nitrogens with two attached hydrogens (primary N) is 1. The standard InChI is InChI=1S/C14H18ClN3/c1-8(2)12-13(17-18(4)14(12)16)10-6-5-9(3)7-11(10)15/h5-8H,16H2,1-4H3. The minimum absolute atomic E-state index is 0.311. The van der Waals surface area contributed by atoms with Crippen LogP contribution in [0.3, 0.4) is 0 Å². The third-order valence-corrected chi connectivity index (χ3v) is 3.40. The van der Waals surface area contributed by atoms with Gasteiger partial charge in [-0.3, -0.25) is 4.68 Å². The summed E-state index contributed by atoms with van der Waals surface area (Å²) < 4.78 is 1.71. The van der Waals surface area contributed by atoms with Gasteiger partial charge in [-0.15, -0.1) is 0 Å². The molecule has 4 heteroatoms. The Morgan fingerprint density at radius 2 is 2.00 bits per heavy atom. The third-order valence-electron chi connectivity index (χ3n) is 3.09. The second kappa shape index (κ2) is 4.65. The number of anilines is 1. The van der Waals surface area contributed by atoms with Crippen LogP contribution in [-0.2, 0) is 7.05 Å². The molecular formula is C14H18ClN3. The molecule has 0 radical (unpaired) electrons. The molecule has 2 N–H and O–H groups in total. The van der Waals surface area contributed by atoms with Crippen LogP contribution in [0.2, 0.25) is 5.02 Å². The van der Waals surface area contributed by atoms with Gasteiger partial charge in [-0.1, -0.05) is 37.6 Å². The topological polar surface area (TPSA) is 43.8 Å². The van der Waals surface area contributed by atoms with E-state index < -0.39 is 0 Å². The average Bonchev–Trinajstić information content (AvgIpc) is 2.55. The predicted octanol–water partition coefficient (Wildman–Crippen LogP) is 3.75. The summed E-state index contributed by atoms with van der Waals surface area (Å²) in [7, 11) is 1.85. The van der Waals surface area contributed by atoms with Gasteiger partial charge in [0.15, 0.2) is 0 Å². The molecule has 0 bridgehead atoms. The number of hydrogen-bond donors (Lipinski definition) is 1. The molecule has 18 heavy (non-hydrogen) atoms. The van der Waals surface area contributed by atoms with Gasteiger partial charge in [0, 0.05) is 18.2 Å². The smallest absolute Gasteiger partial charge is 0.125 e. The Morgan fingerprint density at radius 1 is 1.33 bits per heavy atom. The summed E-state index contributed by atoms with van der Waals surface area (Å²) in [6.07, 6.45) is 0. The fourth-order valence-corrected chi connectivity index (χ4v) is 2.46. The average molecular weight is 264 g/mol. The number of nitrogens with zero attached hydrogens (tertiary/aromatic N) is 2. The Morgan fingerprint density at radius 3 is 2.56 bits per heavy atom. The van der Waals surface area contributed by atoms with Crippen molar-refractivity contribution in [1.29, 1.82) is 0 Å². The third kappa shape index (κ3) is 2.10. The molecule has 0 saturated carbocycles. The quantitative estimate of drug-likeness (QED) is 0.897. The Balaban J connectivity index is 2.67. The highest BCUT2D eigenvalue weighted by atomic mass is 35.5. The van der Waals surface area contributed by atoms with Crippen molar-refractivity contribution in [1.82, 2.24) is 9.78 Å². The maximum Gasteiger partial charge on any atom is 0.125 e. The number of hydrogen-bond acceptors (Lipinski definition) is 2. The highest BCUT2D eigenvalue weighted by molar-refractivity contribution is 6.33. The van der Waals surface area contributed by atoms with Crippen LogP contribution < -0.4 is 5.73 Å². The Bertz CT molecular complexity index is 585.